The van der Waals surface area contributed by atoms with E-state index in [-0.39, 0.29) is 4.90 Å². The second kappa shape index (κ2) is 7.28. The number of amides is 2. The molecule has 2 rings (SSSR count). The predicted octanol–water partition coefficient (Wildman–Crippen LogP) is 2.53. The van der Waals surface area contributed by atoms with Crippen molar-refractivity contribution in [2.45, 2.75) is 25.2 Å². The zero-order valence-electron chi connectivity index (χ0n) is 13.2. The minimum atomic E-state index is -3.84. The molecule has 2 amide bonds. The van der Waals surface area contributed by atoms with E-state index in [0.717, 1.165) is 16.7 Å². The maximum atomic E-state index is 12.1. The van der Waals surface area contributed by atoms with E-state index in [2.05, 4.69) is 5.32 Å². The van der Waals surface area contributed by atoms with Crippen molar-refractivity contribution < 1.29 is 13.2 Å². The summed E-state index contributed by atoms with van der Waals surface area (Å²) in [5.74, 6) is 0. The quantitative estimate of drug-likeness (QED) is 0.883. The molecule has 0 aliphatic heterocycles. The van der Waals surface area contributed by atoms with Gasteiger partial charge in [0.05, 0.1) is 4.90 Å². The van der Waals surface area contributed by atoms with Gasteiger partial charge in [-0.3, -0.25) is 0 Å². The largest absolute Gasteiger partial charge is 0.337 e. The third-order valence-electron chi connectivity index (χ3n) is 3.50. The smallest absolute Gasteiger partial charge is 0.328 e. The molecule has 0 heterocycles. The summed E-state index contributed by atoms with van der Waals surface area (Å²) in [5, 5.41) is 2.57. The van der Waals surface area contributed by atoms with Crippen LogP contribution >= 0.6 is 0 Å². The predicted molar refractivity (Wildman–Crippen MR) is 89.8 cm³/mol. The number of hydrogen-bond acceptors (Lipinski definition) is 3. The van der Waals surface area contributed by atoms with Gasteiger partial charge in [0.25, 0.3) is 10.0 Å². The van der Waals surface area contributed by atoms with Gasteiger partial charge in [-0.1, -0.05) is 42.0 Å². The lowest BCUT2D eigenvalue weighted by atomic mass is 10.1. The molecule has 0 saturated carbocycles. The summed E-state index contributed by atoms with van der Waals surface area (Å²) in [5.41, 5.74) is 3.21. The van der Waals surface area contributed by atoms with Gasteiger partial charge in [-0.15, -0.1) is 0 Å². The topological polar surface area (TPSA) is 75.3 Å². The Kier molecular flexibility index (Phi) is 5.39. The van der Waals surface area contributed by atoms with Crippen LogP contribution in [0.25, 0.3) is 0 Å². The van der Waals surface area contributed by atoms with Gasteiger partial charge in [0.15, 0.2) is 0 Å². The molecule has 2 aromatic rings. The highest BCUT2D eigenvalue weighted by Gasteiger charge is 2.16. The summed E-state index contributed by atoms with van der Waals surface area (Å²) < 4.78 is 26.2. The number of urea groups is 1. The lowest BCUT2D eigenvalue weighted by molar-refractivity contribution is 0.246. The van der Waals surface area contributed by atoms with Crippen molar-refractivity contribution in [1.82, 2.24) is 10.0 Å². The van der Waals surface area contributed by atoms with Crippen LogP contribution < -0.4 is 10.0 Å². The minimum Gasteiger partial charge on any atom is -0.337 e. The molecule has 0 bridgehead atoms. The molecule has 0 spiro atoms. The molecule has 2 aromatic carbocycles. The fourth-order valence-electron chi connectivity index (χ4n) is 2.14. The second-order valence-electron chi connectivity index (χ2n) is 5.35. The molecule has 0 saturated heterocycles. The summed E-state index contributed by atoms with van der Waals surface area (Å²) in [6.07, 6.45) is 0.644. The maximum absolute atomic E-state index is 12.1. The molecule has 122 valence electrons. The van der Waals surface area contributed by atoms with E-state index in [1.807, 2.05) is 42.8 Å². The average Bonchev–Trinajstić information content (AvgIpc) is 2.49. The van der Waals surface area contributed by atoms with Crippen LogP contribution in [0.3, 0.4) is 0 Å². The summed E-state index contributed by atoms with van der Waals surface area (Å²) >= 11 is 0. The first-order chi connectivity index (χ1) is 10.9. The lowest BCUT2D eigenvalue weighted by Crippen LogP contribution is -2.40. The number of nitrogens with one attached hydrogen (secondary N) is 2. The van der Waals surface area contributed by atoms with Gasteiger partial charge in [0.2, 0.25) is 0 Å². The fourth-order valence-corrected chi connectivity index (χ4v) is 3.06. The van der Waals surface area contributed by atoms with Crippen LogP contribution in [0.5, 0.6) is 0 Å². The van der Waals surface area contributed by atoms with Gasteiger partial charge < -0.3 is 5.32 Å². The van der Waals surface area contributed by atoms with Crippen molar-refractivity contribution >= 4 is 16.1 Å². The zero-order valence-corrected chi connectivity index (χ0v) is 14.0. The summed E-state index contributed by atoms with van der Waals surface area (Å²) in [7, 11) is -3.84. The number of rotatable bonds is 5. The molecule has 0 radical (unpaired) electrons. The molecule has 2 N–H and O–H groups in total. The standard InChI is InChI=1S/C17H20N2O3S/c1-13-7-9-16(10-8-13)23(21,22)19-17(20)18-12-11-15-6-4-3-5-14(15)2/h3-10H,11-12H2,1-2H3,(H2,18,19,20). The molecule has 0 atom stereocenters. The summed E-state index contributed by atoms with van der Waals surface area (Å²) in [6.45, 7) is 4.22. The molecule has 0 fully saturated rings. The lowest BCUT2D eigenvalue weighted by Gasteiger charge is -2.10. The van der Waals surface area contributed by atoms with Crippen LogP contribution in [-0.4, -0.2) is 21.0 Å². The number of carbonyl (C=O) groups excluding carboxylic acids is 1. The molecular weight excluding hydrogens is 312 g/mol. The Morgan fingerprint density at radius 2 is 1.65 bits per heavy atom. The van der Waals surface area contributed by atoms with Gasteiger partial charge in [-0.05, 0) is 43.5 Å². The van der Waals surface area contributed by atoms with Crippen molar-refractivity contribution in [1.29, 1.82) is 0 Å². The Bertz CT molecular complexity index is 784. The number of aryl methyl sites for hydroxylation is 2. The normalized spacial score (nSPS) is 11.0. The van der Waals surface area contributed by atoms with Gasteiger partial charge in [0.1, 0.15) is 0 Å². The number of carbonyl (C=O) groups is 1. The van der Waals surface area contributed by atoms with Gasteiger partial charge >= 0.3 is 6.03 Å². The fraction of sp³-hybridized carbons (Fsp3) is 0.235. The van der Waals surface area contributed by atoms with Crippen molar-refractivity contribution in [3.8, 4) is 0 Å². The number of benzene rings is 2. The van der Waals surface area contributed by atoms with E-state index in [9.17, 15) is 13.2 Å². The van der Waals surface area contributed by atoms with E-state index in [1.54, 1.807) is 12.1 Å². The number of sulfonamides is 1. The van der Waals surface area contributed by atoms with E-state index in [4.69, 9.17) is 0 Å². The third kappa shape index (κ3) is 4.82. The maximum Gasteiger partial charge on any atom is 0.328 e. The SMILES string of the molecule is Cc1ccc(S(=O)(=O)NC(=O)NCCc2ccccc2C)cc1. The molecule has 0 unspecified atom stereocenters. The van der Waals surface area contributed by atoms with Crippen LogP contribution in [0.1, 0.15) is 16.7 Å². The van der Waals surface area contributed by atoms with Crippen LogP contribution in [0, 0.1) is 13.8 Å². The molecule has 0 aromatic heterocycles. The zero-order chi connectivity index (χ0) is 16.9. The third-order valence-corrected chi connectivity index (χ3v) is 4.85. The van der Waals surface area contributed by atoms with Crippen molar-refractivity contribution in [2.24, 2.45) is 0 Å². The highest BCUT2D eigenvalue weighted by Crippen LogP contribution is 2.10. The first-order valence-corrected chi connectivity index (χ1v) is 8.78. The van der Waals surface area contributed by atoms with E-state index in [1.165, 1.54) is 12.1 Å². The molecule has 5 nitrogen and oxygen atoms in total. The Morgan fingerprint density at radius 1 is 1.00 bits per heavy atom. The first kappa shape index (κ1) is 17.0. The van der Waals surface area contributed by atoms with E-state index >= 15 is 0 Å². The van der Waals surface area contributed by atoms with Crippen molar-refractivity contribution in [3.63, 3.8) is 0 Å². The molecule has 6 heteroatoms. The summed E-state index contributed by atoms with van der Waals surface area (Å²) in [6, 6.07) is 13.5. The Hall–Kier alpha value is -2.34. The summed E-state index contributed by atoms with van der Waals surface area (Å²) in [4.78, 5) is 11.8. The molecule has 0 aliphatic rings. The van der Waals surface area contributed by atoms with Crippen molar-refractivity contribution in [3.05, 3.63) is 65.2 Å². The van der Waals surface area contributed by atoms with Crippen LogP contribution in [0.4, 0.5) is 4.79 Å². The van der Waals surface area contributed by atoms with Gasteiger partial charge in [-0.25, -0.2) is 17.9 Å². The monoisotopic (exact) mass is 332 g/mol. The van der Waals surface area contributed by atoms with Crippen LogP contribution in [-0.2, 0) is 16.4 Å². The first-order valence-electron chi connectivity index (χ1n) is 7.30. The average molecular weight is 332 g/mol. The molecule has 23 heavy (non-hydrogen) atoms. The Balaban J connectivity index is 1.89. The van der Waals surface area contributed by atoms with Gasteiger partial charge in [-0.2, -0.15) is 0 Å². The number of hydrogen-bond donors (Lipinski definition) is 2. The Morgan fingerprint density at radius 3 is 2.30 bits per heavy atom. The molecule has 0 aliphatic carbocycles. The van der Waals surface area contributed by atoms with E-state index < -0.39 is 16.1 Å². The van der Waals surface area contributed by atoms with Gasteiger partial charge in [0, 0.05) is 6.54 Å². The second-order valence-corrected chi connectivity index (χ2v) is 7.03. The highest BCUT2D eigenvalue weighted by molar-refractivity contribution is 7.90. The Labute approximate surface area is 136 Å². The molecular formula is C17H20N2O3S. The van der Waals surface area contributed by atoms with Crippen LogP contribution in [0.15, 0.2) is 53.4 Å². The minimum absolute atomic E-state index is 0.0668. The highest BCUT2D eigenvalue weighted by atomic mass is 32.2. The van der Waals surface area contributed by atoms with Crippen LogP contribution in [0.2, 0.25) is 0 Å². The van der Waals surface area contributed by atoms with Crippen molar-refractivity contribution in [2.75, 3.05) is 6.54 Å². The van der Waals surface area contributed by atoms with E-state index in [0.29, 0.717) is 13.0 Å².